The van der Waals surface area contributed by atoms with Gasteiger partial charge in [0.05, 0.1) is 25.6 Å². The van der Waals surface area contributed by atoms with Crippen LogP contribution in [0.3, 0.4) is 0 Å². The van der Waals surface area contributed by atoms with Gasteiger partial charge in [0.1, 0.15) is 0 Å². The molecule has 0 spiro atoms. The summed E-state index contributed by atoms with van der Waals surface area (Å²) in [5.41, 5.74) is 0. The molecule has 17 heavy (non-hydrogen) atoms. The van der Waals surface area contributed by atoms with Crippen molar-refractivity contribution in [2.45, 2.75) is 59.0 Å². The van der Waals surface area contributed by atoms with E-state index in [9.17, 15) is 9.59 Å². The highest BCUT2D eigenvalue weighted by Gasteiger charge is 2.12. The Morgan fingerprint density at radius 1 is 1.12 bits per heavy atom. The normalized spacial score (nSPS) is 11.9. The summed E-state index contributed by atoms with van der Waals surface area (Å²) in [5, 5.41) is 0. The first-order valence-electron chi connectivity index (χ1n) is 6.11. The fourth-order valence-electron chi connectivity index (χ4n) is 0.923. The molecule has 0 bridgehead atoms. The summed E-state index contributed by atoms with van der Waals surface area (Å²) in [5.74, 6) is -0.924. The lowest BCUT2D eigenvalue weighted by molar-refractivity contribution is -0.272. The molecule has 0 amide bonds. The molecule has 1 unspecified atom stereocenters. The second-order valence-corrected chi connectivity index (χ2v) is 3.84. The zero-order chi connectivity index (χ0) is 13.1. The van der Waals surface area contributed by atoms with Gasteiger partial charge in [-0.05, 0) is 19.8 Å². The average Bonchev–Trinajstić information content (AvgIpc) is 2.32. The quantitative estimate of drug-likeness (QED) is 0.270. The molecule has 0 radical (unpaired) electrons. The summed E-state index contributed by atoms with van der Waals surface area (Å²) >= 11 is 0. The summed E-state index contributed by atoms with van der Waals surface area (Å²) in [6.07, 6.45) is 2.47. The molecule has 0 aromatic heterocycles. The van der Waals surface area contributed by atoms with Crippen LogP contribution in [0, 0.1) is 0 Å². The molecule has 0 heterocycles. The fourth-order valence-corrected chi connectivity index (χ4v) is 0.923. The Labute approximate surface area is 102 Å². The monoisotopic (exact) mass is 246 g/mol. The van der Waals surface area contributed by atoms with Crippen LogP contribution in [0.5, 0.6) is 0 Å². The van der Waals surface area contributed by atoms with Crippen LogP contribution in [0.15, 0.2) is 0 Å². The molecule has 0 fully saturated rings. The Balaban J connectivity index is 3.52. The summed E-state index contributed by atoms with van der Waals surface area (Å²) in [4.78, 5) is 31.5. The van der Waals surface area contributed by atoms with Gasteiger partial charge in [-0.25, -0.2) is 4.79 Å². The van der Waals surface area contributed by atoms with Crippen LogP contribution in [0.2, 0.25) is 0 Å². The number of esters is 1. The smallest absolute Gasteiger partial charge is 0.342 e. The molecule has 1 atom stereocenters. The van der Waals surface area contributed by atoms with Gasteiger partial charge >= 0.3 is 11.9 Å². The molecule has 0 saturated carbocycles. The Kier molecular flexibility index (Phi) is 9.43. The number of rotatable bonds is 9. The van der Waals surface area contributed by atoms with Gasteiger partial charge in [0.25, 0.3) is 0 Å². The number of carbonyl (C=O) groups is 2. The van der Waals surface area contributed by atoms with Gasteiger partial charge in [-0.15, -0.1) is 0 Å². The minimum Gasteiger partial charge on any atom is -0.463 e. The third-order valence-corrected chi connectivity index (χ3v) is 2.17. The largest absolute Gasteiger partial charge is 0.463 e. The molecule has 0 aliphatic heterocycles. The van der Waals surface area contributed by atoms with Gasteiger partial charge in [0, 0.05) is 0 Å². The van der Waals surface area contributed by atoms with Gasteiger partial charge < -0.3 is 4.74 Å². The lowest BCUT2D eigenvalue weighted by Crippen LogP contribution is -2.15. The highest BCUT2D eigenvalue weighted by atomic mass is 17.2. The predicted molar refractivity (Wildman–Crippen MR) is 62.0 cm³/mol. The lowest BCUT2D eigenvalue weighted by Gasteiger charge is -2.10. The van der Waals surface area contributed by atoms with Crippen molar-refractivity contribution >= 4 is 11.9 Å². The maximum Gasteiger partial charge on any atom is 0.342 e. The Morgan fingerprint density at radius 2 is 1.76 bits per heavy atom. The van der Waals surface area contributed by atoms with E-state index in [4.69, 9.17) is 4.74 Å². The SMILES string of the molecule is CCCCOOC(=O)CCC(=O)OC(C)CC. The molecule has 0 aliphatic carbocycles. The zero-order valence-corrected chi connectivity index (χ0v) is 10.9. The maximum absolute atomic E-state index is 11.2. The first-order chi connectivity index (χ1) is 8.10. The zero-order valence-electron chi connectivity index (χ0n) is 10.9. The van der Waals surface area contributed by atoms with Crippen molar-refractivity contribution in [1.82, 2.24) is 0 Å². The second kappa shape index (κ2) is 10.1. The van der Waals surface area contributed by atoms with E-state index in [2.05, 4.69) is 9.78 Å². The van der Waals surface area contributed by atoms with Gasteiger partial charge in [-0.1, -0.05) is 20.3 Å². The van der Waals surface area contributed by atoms with E-state index < -0.39 is 5.97 Å². The Morgan fingerprint density at radius 3 is 2.35 bits per heavy atom. The average molecular weight is 246 g/mol. The molecule has 0 aromatic rings. The lowest BCUT2D eigenvalue weighted by atomic mass is 10.3. The van der Waals surface area contributed by atoms with Crippen molar-refractivity contribution in [3.05, 3.63) is 0 Å². The number of unbranched alkanes of at least 4 members (excludes halogenated alkanes) is 1. The van der Waals surface area contributed by atoms with Crippen molar-refractivity contribution in [2.75, 3.05) is 6.61 Å². The molecule has 0 aliphatic rings. The highest BCUT2D eigenvalue weighted by Crippen LogP contribution is 2.02. The fraction of sp³-hybridized carbons (Fsp3) is 0.833. The topological polar surface area (TPSA) is 61.8 Å². The van der Waals surface area contributed by atoms with Gasteiger partial charge in [-0.2, -0.15) is 4.89 Å². The molecular formula is C12H22O5. The third-order valence-electron chi connectivity index (χ3n) is 2.17. The number of hydrogen-bond acceptors (Lipinski definition) is 5. The van der Waals surface area contributed by atoms with E-state index >= 15 is 0 Å². The molecule has 5 nitrogen and oxygen atoms in total. The van der Waals surface area contributed by atoms with Crippen molar-refractivity contribution in [2.24, 2.45) is 0 Å². The van der Waals surface area contributed by atoms with Crippen molar-refractivity contribution in [3.63, 3.8) is 0 Å². The van der Waals surface area contributed by atoms with Crippen LogP contribution < -0.4 is 0 Å². The molecule has 0 aromatic carbocycles. The third kappa shape index (κ3) is 9.81. The molecule has 100 valence electrons. The second-order valence-electron chi connectivity index (χ2n) is 3.84. The molecular weight excluding hydrogens is 224 g/mol. The van der Waals surface area contributed by atoms with E-state index in [1.54, 1.807) is 0 Å². The van der Waals surface area contributed by atoms with E-state index in [1.165, 1.54) is 0 Å². The van der Waals surface area contributed by atoms with Crippen LogP contribution >= 0.6 is 0 Å². The van der Waals surface area contributed by atoms with E-state index in [0.29, 0.717) is 6.61 Å². The predicted octanol–water partition coefficient (Wildman–Crippen LogP) is 2.38. The van der Waals surface area contributed by atoms with Gasteiger partial charge in [-0.3, -0.25) is 9.68 Å². The first kappa shape index (κ1) is 15.9. The molecule has 5 heteroatoms. The standard InChI is InChI=1S/C12H22O5/c1-4-6-9-15-17-12(14)8-7-11(13)16-10(3)5-2/h10H,4-9H2,1-3H3. The van der Waals surface area contributed by atoms with Crippen molar-refractivity contribution < 1.29 is 24.1 Å². The Hall–Kier alpha value is -1.10. The van der Waals surface area contributed by atoms with Crippen LogP contribution in [-0.2, 0) is 24.1 Å². The minimum absolute atomic E-state index is 0.0125. The van der Waals surface area contributed by atoms with E-state index in [0.717, 1.165) is 19.3 Å². The highest BCUT2D eigenvalue weighted by molar-refractivity contribution is 5.77. The van der Waals surface area contributed by atoms with E-state index in [1.807, 2.05) is 20.8 Å². The van der Waals surface area contributed by atoms with Crippen LogP contribution in [0.25, 0.3) is 0 Å². The summed E-state index contributed by atoms with van der Waals surface area (Å²) in [7, 11) is 0. The van der Waals surface area contributed by atoms with Crippen LogP contribution in [0.1, 0.15) is 52.9 Å². The minimum atomic E-state index is -0.540. The maximum atomic E-state index is 11.2. The molecule has 0 N–H and O–H groups in total. The summed E-state index contributed by atoms with van der Waals surface area (Å²) < 4.78 is 5.01. The number of carbonyl (C=O) groups excluding carboxylic acids is 2. The number of ether oxygens (including phenoxy) is 1. The van der Waals surface area contributed by atoms with Gasteiger partial charge in [0.2, 0.25) is 0 Å². The van der Waals surface area contributed by atoms with Crippen molar-refractivity contribution in [1.29, 1.82) is 0 Å². The summed E-state index contributed by atoms with van der Waals surface area (Å²) in [6, 6.07) is 0. The Bertz CT molecular complexity index is 227. The van der Waals surface area contributed by atoms with Gasteiger partial charge in [0.15, 0.2) is 0 Å². The van der Waals surface area contributed by atoms with E-state index in [-0.39, 0.29) is 24.9 Å². The summed E-state index contributed by atoms with van der Waals surface area (Å²) in [6.45, 7) is 6.13. The number of hydrogen-bond donors (Lipinski definition) is 0. The first-order valence-corrected chi connectivity index (χ1v) is 6.11. The van der Waals surface area contributed by atoms with Crippen LogP contribution in [0.4, 0.5) is 0 Å². The van der Waals surface area contributed by atoms with Crippen LogP contribution in [-0.4, -0.2) is 24.6 Å². The van der Waals surface area contributed by atoms with Crippen molar-refractivity contribution in [3.8, 4) is 0 Å². The molecule has 0 saturated heterocycles. The molecule has 0 rings (SSSR count).